The lowest BCUT2D eigenvalue weighted by molar-refractivity contribution is -0.120. The summed E-state index contributed by atoms with van der Waals surface area (Å²) in [5.74, 6) is -0.101. The zero-order valence-corrected chi connectivity index (χ0v) is 9.06. The van der Waals surface area contributed by atoms with Crippen molar-refractivity contribution in [1.82, 2.24) is 20.4 Å². The molecule has 2 amide bonds. The second-order valence-electron chi connectivity index (χ2n) is 4.29. The first-order valence-corrected chi connectivity index (χ1v) is 5.49. The van der Waals surface area contributed by atoms with Gasteiger partial charge in [-0.25, -0.2) is 4.79 Å². The molecule has 1 unspecified atom stereocenters. The van der Waals surface area contributed by atoms with Crippen LogP contribution in [-0.2, 0) is 17.6 Å². The molecule has 2 aliphatic heterocycles. The van der Waals surface area contributed by atoms with Gasteiger partial charge in [-0.2, -0.15) is 5.10 Å². The van der Waals surface area contributed by atoms with E-state index in [2.05, 4.69) is 15.5 Å². The molecule has 0 aliphatic carbocycles. The molecule has 2 aliphatic rings. The lowest BCUT2D eigenvalue weighted by Crippen LogP contribution is -2.43. The van der Waals surface area contributed by atoms with Crippen molar-refractivity contribution in [2.24, 2.45) is 0 Å². The second kappa shape index (κ2) is 3.47. The Bertz CT molecular complexity index is 496. The number of aromatic amines is 1. The summed E-state index contributed by atoms with van der Waals surface area (Å²) in [5.41, 5.74) is 2.52. The van der Waals surface area contributed by atoms with Crippen LogP contribution in [0.5, 0.6) is 0 Å². The first kappa shape index (κ1) is 10.1. The monoisotopic (exact) mass is 236 g/mol. The third kappa shape index (κ3) is 1.46. The first-order chi connectivity index (χ1) is 8.16. The molecule has 1 aromatic heterocycles. The summed E-state index contributed by atoms with van der Waals surface area (Å²) in [6.45, 7) is 0.748. The summed E-state index contributed by atoms with van der Waals surface area (Å²) in [4.78, 5) is 24.0. The third-order valence-electron chi connectivity index (χ3n) is 3.34. The van der Waals surface area contributed by atoms with Gasteiger partial charge in [0, 0.05) is 25.1 Å². The molecule has 0 fully saturated rings. The number of H-pyrrole nitrogens is 1. The highest BCUT2D eigenvalue weighted by Gasteiger charge is 2.36. The van der Waals surface area contributed by atoms with Gasteiger partial charge in [0.15, 0.2) is 0 Å². The lowest BCUT2D eigenvalue weighted by atomic mass is 9.96. The predicted molar refractivity (Wildman–Crippen MR) is 56.5 cm³/mol. The van der Waals surface area contributed by atoms with E-state index in [-0.39, 0.29) is 18.4 Å². The number of hydrogen-bond acceptors (Lipinski definition) is 3. The summed E-state index contributed by atoms with van der Waals surface area (Å²) in [7, 11) is 0. The maximum atomic E-state index is 11.5. The Balaban J connectivity index is 2.08. The summed E-state index contributed by atoms with van der Waals surface area (Å²) >= 11 is 0. The number of nitrogens with zero attached hydrogens (tertiary/aromatic N) is 2. The molecule has 90 valence electrons. The molecule has 1 aromatic rings. The maximum Gasteiger partial charge on any atom is 0.407 e. The highest BCUT2D eigenvalue weighted by Crippen LogP contribution is 2.32. The topological polar surface area (TPSA) is 98.3 Å². The summed E-state index contributed by atoms with van der Waals surface area (Å²) in [6.07, 6.45) is -0.112. The van der Waals surface area contributed by atoms with Gasteiger partial charge in [0.2, 0.25) is 5.91 Å². The standard InChI is InChI=1S/C10H12N4O3/c15-8-3-6-9-5(12-13-6)1-2-14(10(16)17)7(9)4-11-8/h7H,1-4H2,(H,11,15)(H,12,13)(H,16,17). The van der Waals surface area contributed by atoms with Gasteiger partial charge in [0.05, 0.1) is 23.9 Å². The van der Waals surface area contributed by atoms with Crippen molar-refractivity contribution >= 4 is 12.0 Å². The third-order valence-corrected chi connectivity index (χ3v) is 3.34. The number of aromatic nitrogens is 2. The number of carbonyl (C=O) groups excluding carboxylic acids is 1. The lowest BCUT2D eigenvalue weighted by Gasteiger charge is -2.32. The Morgan fingerprint density at radius 1 is 1.53 bits per heavy atom. The summed E-state index contributed by atoms with van der Waals surface area (Å²) in [5, 5.41) is 18.9. The van der Waals surface area contributed by atoms with E-state index in [1.165, 1.54) is 4.90 Å². The number of nitrogens with one attached hydrogen (secondary N) is 2. The fraction of sp³-hybridized carbons (Fsp3) is 0.500. The molecule has 7 heteroatoms. The van der Waals surface area contributed by atoms with E-state index in [4.69, 9.17) is 5.11 Å². The number of hydrogen-bond donors (Lipinski definition) is 3. The number of rotatable bonds is 0. The molecule has 17 heavy (non-hydrogen) atoms. The Morgan fingerprint density at radius 2 is 2.35 bits per heavy atom. The van der Waals surface area contributed by atoms with Gasteiger partial charge in [-0.3, -0.25) is 14.8 Å². The van der Waals surface area contributed by atoms with Crippen LogP contribution in [-0.4, -0.2) is 45.3 Å². The highest BCUT2D eigenvalue weighted by molar-refractivity contribution is 5.80. The van der Waals surface area contributed by atoms with Gasteiger partial charge in [-0.05, 0) is 0 Å². The molecule has 7 nitrogen and oxygen atoms in total. The number of carbonyl (C=O) groups is 2. The molecule has 0 aromatic carbocycles. The summed E-state index contributed by atoms with van der Waals surface area (Å²) < 4.78 is 0. The zero-order valence-electron chi connectivity index (χ0n) is 9.06. The van der Waals surface area contributed by atoms with Crippen LogP contribution < -0.4 is 5.32 Å². The Hall–Kier alpha value is -2.05. The fourth-order valence-corrected chi connectivity index (χ4v) is 2.56. The van der Waals surface area contributed by atoms with E-state index in [1.807, 2.05) is 0 Å². The van der Waals surface area contributed by atoms with Crippen LogP contribution >= 0.6 is 0 Å². The smallest absolute Gasteiger partial charge is 0.407 e. The Labute approximate surface area is 96.8 Å². The van der Waals surface area contributed by atoms with Crippen LogP contribution in [0.1, 0.15) is 23.0 Å². The fourth-order valence-electron chi connectivity index (χ4n) is 2.56. The molecule has 3 N–H and O–H groups in total. The molecular weight excluding hydrogens is 224 g/mol. The molecule has 0 bridgehead atoms. The number of amides is 2. The van der Waals surface area contributed by atoms with Crippen LogP contribution in [0.3, 0.4) is 0 Å². The molecular formula is C10H12N4O3. The van der Waals surface area contributed by atoms with Gasteiger partial charge in [0.25, 0.3) is 0 Å². The predicted octanol–water partition coefficient (Wildman–Crippen LogP) is -0.341. The quantitative estimate of drug-likeness (QED) is 0.574. The van der Waals surface area contributed by atoms with Crippen LogP contribution in [0, 0.1) is 0 Å². The Kier molecular flexibility index (Phi) is 2.07. The van der Waals surface area contributed by atoms with Crippen LogP contribution in [0.2, 0.25) is 0 Å². The van der Waals surface area contributed by atoms with Gasteiger partial charge in [0.1, 0.15) is 0 Å². The van der Waals surface area contributed by atoms with Gasteiger partial charge >= 0.3 is 6.09 Å². The minimum Gasteiger partial charge on any atom is -0.465 e. The normalized spacial score (nSPS) is 22.7. The molecule has 0 radical (unpaired) electrons. The van der Waals surface area contributed by atoms with E-state index in [1.54, 1.807) is 0 Å². The molecule has 1 atom stereocenters. The average Bonchev–Trinajstić information content (AvgIpc) is 2.60. The van der Waals surface area contributed by atoms with Crippen molar-refractivity contribution in [3.8, 4) is 0 Å². The van der Waals surface area contributed by atoms with Crippen molar-refractivity contribution in [2.75, 3.05) is 13.1 Å². The molecule has 0 saturated heterocycles. The van der Waals surface area contributed by atoms with Crippen LogP contribution in [0.15, 0.2) is 0 Å². The summed E-state index contributed by atoms with van der Waals surface area (Å²) in [6, 6.07) is -0.309. The van der Waals surface area contributed by atoms with Gasteiger partial charge < -0.3 is 10.4 Å². The zero-order chi connectivity index (χ0) is 12.0. The van der Waals surface area contributed by atoms with Crippen molar-refractivity contribution in [1.29, 1.82) is 0 Å². The van der Waals surface area contributed by atoms with Crippen molar-refractivity contribution in [3.05, 3.63) is 17.0 Å². The van der Waals surface area contributed by atoms with E-state index in [9.17, 15) is 9.59 Å². The molecule has 3 rings (SSSR count). The Morgan fingerprint density at radius 3 is 3.12 bits per heavy atom. The van der Waals surface area contributed by atoms with Crippen LogP contribution in [0.4, 0.5) is 4.79 Å². The van der Waals surface area contributed by atoms with Gasteiger partial charge in [-0.15, -0.1) is 0 Å². The van der Waals surface area contributed by atoms with Gasteiger partial charge in [-0.1, -0.05) is 0 Å². The molecule has 0 saturated carbocycles. The van der Waals surface area contributed by atoms with E-state index in [0.29, 0.717) is 19.5 Å². The minimum absolute atomic E-state index is 0.101. The largest absolute Gasteiger partial charge is 0.465 e. The SMILES string of the molecule is O=C1Cc2[nH]nc3c2C(CN1)N(C(=O)O)CC3. The first-order valence-electron chi connectivity index (χ1n) is 5.49. The minimum atomic E-state index is -0.955. The average molecular weight is 236 g/mol. The van der Waals surface area contributed by atoms with E-state index >= 15 is 0 Å². The number of carboxylic acid groups (broad SMARTS) is 1. The van der Waals surface area contributed by atoms with Crippen molar-refractivity contribution in [2.45, 2.75) is 18.9 Å². The van der Waals surface area contributed by atoms with E-state index < -0.39 is 6.09 Å². The molecule has 0 spiro atoms. The highest BCUT2D eigenvalue weighted by atomic mass is 16.4. The van der Waals surface area contributed by atoms with E-state index in [0.717, 1.165) is 17.0 Å². The van der Waals surface area contributed by atoms with Crippen LogP contribution in [0.25, 0.3) is 0 Å². The van der Waals surface area contributed by atoms with Crippen molar-refractivity contribution in [3.63, 3.8) is 0 Å². The van der Waals surface area contributed by atoms with Crippen molar-refractivity contribution < 1.29 is 14.7 Å². The second-order valence-corrected chi connectivity index (χ2v) is 4.29. The molecule has 3 heterocycles. The maximum absolute atomic E-state index is 11.5.